The summed E-state index contributed by atoms with van der Waals surface area (Å²) in [6, 6.07) is 5.97. The van der Waals surface area contributed by atoms with Crippen LogP contribution in [0.5, 0.6) is 0 Å². The van der Waals surface area contributed by atoms with E-state index in [2.05, 4.69) is 11.1 Å². The van der Waals surface area contributed by atoms with Crippen molar-refractivity contribution in [1.29, 1.82) is 5.26 Å². The Labute approximate surface area is 87.9 Å². The average molecular weight is 208 g/mol. The number of rotatable bonds is 0. The fourth-order valence-electron chi connectivity index (χ4n) is 1.50. The molecule has 0 aliphatic rings. The Kier molecular flexibility index (Phi) is 2.68. The van der Waals surface area contributed by atoms with Gasteiger partial charge in [0, 0.05) is 11.6 Å². The quantitative estimate of drug-likeness (QED) is 0.652. The van der Waals surface area contributed by atoms with E-state index in [0.29, 0.717) is 11.3 Å². The van der Waals surface area contributed by atoms with Crippen LogP contribution in [-0.2, 0) is 0 Å². The van der Waals surface area contributed by atoms with Gasteiger partial charge in [-0.3, -0.25) is 0 Å². The highest BCUT2D eigenvalue weighted by atomic mass is 35.5. The maximum absolute atomic E-state index is 8.80. The lowest BCUT2D eigenvalue weighted by molar-refractivity contribution is 1.44. The molecule has 3 N–H and O–H groups in total. The topological polar surface area (TPSA) is 65.6 Å². The Balaban J connectivity index is 0.000000980. The van der Waals surface area contributed by atoms with Crippen molar-refractivity contribution in [1.82, 2.24) is 4.98 Å². The van der Waals surface area contributed by atoms with Crippen molar-refractivity contribution < 1.29 is 0 Å². The van der Waals surface area contributed by atoms with Gasteiger partial charge in [-0.05, 0) is 24.6 Å². The molecule has 4 heteroatoms. The van der Waals surface area contributed by atoms with Gasteiger partial charge in [0.25, 0.3) is 0 Å². The number of nitrogens with two attached hydrogens (primary N) is 1. The number of nitrogen functional groups attached to an aromatic ring is 1. The van der Waals surface area contributed by atoms with E-state index in [9.17, 15) is 0 Å². The Morgan fingerprint density at radius 3 is 2.79 bits per heavy atom. The molecule has 14 heavy (non-hydrogen) atoms. The van der Waals surface area contributed by atoms with E-state index in [-0.39, 0.29) is 12.4 Å². The molecule has 0 fully saturated rings. The third-order valence-electron chi connectivity index (χ3n) is 2.08. The second-order valence-electron chi connectivity index (χ2n) is 3.09. The van der Waals surface area contributed by atoms with Crippen molar-refractivity contribution in [2.45, 2.75) is 6.92 Å². The molecule has 0 aliphatic carbocycles. The zero-order valence-electron chi connectivity index (χ0n) is 7.66. The number of benzene rings is 1. The van der Waals surface area contributed by atoms with E-state index in [1.165, 1.54) is 0 Å². The normalized spacial score (nSPS) is 9.43. The molecule has 1 aromatic carbocycles. The first-order chi connectivity index (χ1) is 6.22. The zero-order chi connectivity index (χ0) is 9.42. The monoisotopic (exact) mass is 207 g/mol. The second-order valence-corrected chi connectivity index (χ2v) is 3.09. The third-order valence-corrected chi connectivity index (χ3v) is 2.08. The fraction of sp³-hybridized carbons (Fsp3) is 0.100. The molecule has 0 aliphatic heterocycles. The molecule has 72 valence electrons. The number of nitrogens with one attached hydrogen (secondary N) is 1. The third kappa shape index (κ3) is 1.40. The van der Waals surface area contributed by atoms with Gasteiger partial charge < -0.3 is 10.7 Å². The van der Waals surface area contributed by atoms with Gasteiger partial charge in [0.05, 0.1) is 16.8 Å². The Bertz CT molecular complexity index is 508. The first kappa shape index (κ1) is 10.4. The molecule has 2 aromatic rings. The number of nitrogens with zero attached hydrogens (tertiary/aromatic N) is 1. The maximum Gasteiger partial charge on any atom is 0.101 e. The second kappa shape index (κ2) is 3.60. The molecule has 0 saturated carbocycles. The summed E-state index contributed by atoms with van der Waals surface area (Å²) in [6.45, 7) is 1.96. The number of anilines is 1. The summed E-state index contributed by atoms with van der Waals surface area (Å²) < 4.78 is 0. The van der Waals surface area contributed by atoms with Crippen LogP contribution in [0.4, 0.5) is 5.69 Å². The highest BCUT2D eigenvalue weighted by molar-refractivity contribution is 5.94. The van der Waals surface area contributed by atoms with Crippen molar-refractivity contribution in [3.05, 3.63) is 29.5 Å². The predicted molar refractivity (Wildman–Crippen MR) is 59.4 cm³/mol. The summed E-state index contributed by atoms with van der Waals surface area (Å²) in [5, 5.41) is 9.70. The van der Waals surface area contributed by atoms with E-state index in [0.717, 1.165) is 16.5 Å². The van der Waals surface area contributed by atoms with E-state index >= 15 is 0 Å². The summed E-state index contributed by atoms with van der Waals surface area (Å²) in [7, 11) is 0. The summed E-state index contributed by atoms with van der Waals surface area (Å²) in [5.74, 6) is 0. The van der Waals surface area contributed by atoms with Crippen LogP contribution in [0.2, 0.25) is 0 Å². The number of aromatic nitrogens is 1. The van der Waals surface area contributed by atoms with E-state index in [4.69, 9.17) is 11.0 Å². The molecule has 0 unspecified atom stereocenters. The van der Waals surface area contributed by atoms with Crippen LogP contribution < -0.4 is 5.73 Å². The predicted octanol–water partition coefficient (Wildman–Crippen LogP) is 2.35. The van der Waals surface area contributed by atoms with Crippen LogP contribution in [0.25, 0.3) is 10.9 Å². The molecule has 2 rings (SSSR count). The standard InChI is InChI=1S/C10H9N3.ClH/c1-6-2-8-7(4-11)5-13-10(8)9(12)3-6;/h2-3,5,13H,12H2,1H3;1H. The number of hydrogen-bond acceptors (Lipinski definition) is 2. The smallest absolute Gasteiger partial charge is 0.101 e. The number of halogens is 1. The molecule has 0 atom stereocenters. The molecule has 1 aromatic heterocycles. The first-order valence-corrected chi connectivity index (χ1v) is 3.99. The van der Waals surface area contributed by atoms with Crippen molar-refractivity contribution in [2.75, 3.05) is 5.73 Å². The number of H-pyrrole nitrogens is 1. The molecular formula is C10H10ClN3. The van der Waals surface area contributed by atoms with Gasteiger partial charge in [0.15, 0.2) is 0 Å². The number of fused-ring (bicyclic) bond motifs is 1. The minimum absolute atomic E-state index is 0. The highest BCUT2D eigenvalue weighted by Gasteiger charge is 2.05. The largest absolute Gasteiger partial charge is 0.397 e. The average Bonchev–Trinajstić information content (AvgIpc) is 2.47. The molecular weight excluding hydrogens is 198 g/mol. The minimum atomic E-state index is 0. The van der Waals surface area contributed by atoms with E-state index < -0.39 is 0 Å². The zero-order valence-corrected chi connectivity index (χ0v) is 8.48. The minimum Gasteiger partial charge on any atom is -0.397 e. The SMILES string of the molecule is Cc1cc(N)c2[nH]cc(C#N)c2c1.Cl. The molecule has 0 saturated heterocycles. The van der Waals surface area contributed by atoms with Crippen LogP contribution in [0.15, 0.2) is 18.3 Å². The summed E-state index contributed by atoms with van der Waals surface area (Å²) in [6.07, 6.45) is 1.68. The van der Waals surface area contributed by atoms with Crippen molar-refractivity contribution in [3.8, 4) is 6.07 Å². The Morgan fingerprint density at radius 2 is 2.14 bits per heavy atom. The number of aryl methyl sites for hydroxylation is 1. The molecule has 0 radical (unpaired) electrons. The van der Waals surface area contributed by atoms with Gasteiger partial charge >= 0.3 is 0 Å². The summed E-state index contributed by atoms with van der Waals surface area (Å²) in [4.78, 5) is 2.99. The maximum atomic E-state index is 8.80. The Hall–Kier alpha value is -1.66. The van der Waals surface area contributed by atoms with Crippen LogP contribution in [-0.4, -0.2) is 4.98 Å². The lowest BCUT2D eigenvalue weighted by atomic mass is 10.1. The Morgan fingerprint density at radius 1 is 1.43 bits per heavy atom. The molecule has 0 bridgehead atoms. The van der Waals surface area contributed by atoms with E-state index in [1.54, 1.807) is 6.20 Å². The molecule has 3 nitrogen and oxygen atoms in total. The van der Waals surface area contributed by atoms with Crippen molar-refractivity contribution in [3.63, 3.8) is 0 Å². The van der Waals surface area contributed by atoms with Crippen LogP contribution in [0.3, 0.4) is 0 Å². The lowest BCUT2D eigenvalue weighted by Gasteiger charge is -1.98. The van der Waals surface area contributed by atoms with Gasteiger partial charge in [0.1, 0.15) is 6.07 Å². The van der Waals surface area contributed by atoms with Crippen molar-refractivity contribution in [2.24, 2.45) is 0 Å². The van der Waals surface area contributed by atoms with Gasteiger partial charge in [-0.1, -0.05) is 0 Å². The van der Waals surface area contributed by atoms with Gasteiger partial charge in [0.2, 0.25) is 0 Å². The lowest BCUT2D eigenvalue weighted by Crippen LogP contribution is -1.87. The van der Waals surface area contributed by atoms with Gasteiger partial charge in [-0.2, -0.15) is 5.26 Å². The fourth-order valence-corrected chi connectivity index (χ4v) is 1.50. The summed E-state index contributed by atoms with van der Waals surface area (Å²) in [5.41, 5.74) is 9.04. The number of nitriles is 1. The molecule has 1 heterocycles. The van der Waals surface area contributed by atoms with Crippen molar-refractivity contribution >= 4 is 29.0 Å². The van der Waals surface area contributed by atoms with Crippen LogP contribution >= 0.6 is 12.4 Å². The highest BCUT2D eigenvalue weighted by Crippen LogP contribution is 2.24. The number of hydrogen-bond donors (Lipinski definition) is 2. The van der Waals surface area contributed by atoms with E-state index in [1.807, 2.05) is 19.1 Å². The number of aromatic amines is 1. The van der Waals surface area contributed by atoms with Gasteiger partial charge in [-0.15, -0.1) is 12.4 Å². The molecule has 0 spiro atoms. The van der Waals surface area contributed by atoms with Crippen LogP contribution in [0.1, 0.15) is 11.1 Å². The molecule has 0 amide bonds. The van der Waals surface area contributed by atoms with Crippen LogP contribution in [0, 0.1) is 18.3 Å². The summed E-state index contributed by atoms with van der Waals surface area (Å²) >= 11 is 0. The van der Waals surface area contributed by atoms with Gasteiger partial charge in [-0.25, -0.2) is 0 Å². The first-order valence-electron chi connectivity index (χ1n) is 3.99.